The first-order valence-corrected chi connectivity index (χ1v) is 12.0. The van der Waals surface area contributed by atoms with E-state index in [9.17, 15) is 9.59 Å². The summed E-state index contributed by atoms with van der Waals surface area (Å²) in [5.74, 6) is 1.33. The summed E-state index contributed by atoms with van der Waals surface area (Å²) in [5.41, 5.74) is 1.93. The number of para-hydroxylation sites is 1. The lowest BCUT2D eigenvalue weighted by Gasteiger charge is -2.34. The molecule has 7 nitrogen and oxygen atoms in total. The Kier molecular flexibility index (Phi) is 7.20. The Bertz CT molecular complexity index is 1190. The number of ether oxygens (including phenoxy) is 1. The molecule has 33 heavy (non-hydrogen) atoms. The van der Waals surface area contributed by atoms with Gasteiger partial charge in [-0.05, 0) is 37.3 Å². The molecule has 0 aliphatic carbocycles. The molecule has 178 valence electrons. The topological polar surface area (TPSA) is 68.5 Å². The van der Waals surface area contributed by atoms with Crippen molar-refractivity contribution in [2.75, 3.05) is 39.9 Å². The highest BCUT2D eigenvalue weighted by Crippen LogP contribution is 2.29. The van der Waals surface area contributed by atoms with Crippen molar-refractivity contribution >= 4 is 27.7 Å². The van der Waals surface area contributed by atoms with Crippen LogP contribution in [0.2, 0.25) is 0 Å². The van der Waals surface area contributed by atoms with Gasteiger partial charge in [-0.2, -0.15) is 0 Å². The van der Waals surface area contributed by atoms with Crippen LogP contribution in [0.4, 0.5) is 0 Å². The van der Waals surface area contributed by atoms with Crippen molar-refractivity contribution in [1.82, 2.24) is 19.4 Å². The number of aromatic nitrogens is 2. The molecule has 1 aliphatic rings. The van der Waals surface area contributed by atoms with Gasteiger partial charge in [-0.25, -0.2) is 0 Å². The number of amides is 1. The fourth-order valence-corrected chi connectivity index (χ4v) is 5.43. The predicted octanol–water partition coefficient (Wildman–Crippen LogP) is 3.24. The minimum Gasteiger partial charge on any atom is -0.383 e. The van der Waals surface area contributed by atoms with Gasteiger partial charge >= 0.3 is 0 Å². The number of aryl methyl sites for hydroxylation is 1. The quantitative estimate of drug-likeness (QED) is 0.533. The second kappa shape index (κ2) is 10.1. The summed E-state index contributed by atoms with van der Waals surface area (Å²) in [7, 11) is 3.49. The molecule has 0 unspecified atom stereocenters. The summed E-state index contributed by atoms with van der Waals surface area (Å²) < 4.78 is 8.67. The van der Waals surface area contributed by atoms with Gasteiger partial charge in [0.25, 0.3) is 11.5 Å². The number of nitrogens with one attached hydrogen (secondary N) is 1. The Balaban J connectivity index is 1.58. The summed E-state index contributed by atoms with van der Waals surface area (Å²) in [6.07, 6.45) is 3.90. The number of likely N-dealkylation sites (tertiary alicyclic amines) is 1. The maximum atomic E-state index is 13.3. The summed E-state index contributed by atoms with van der Waals surface area (Å²) in [6, 6.07) is 7.86. The van der Waals surface area contributed by atoms with Gasteiger partial charge in [0.2, 0.25) is 0 Å². The van der Waals surface area contributed by atoms with Crippen LogP contribution < -0.4 is 10.9 Å². The van der Waals surface area contributed by atoms with E-state index in [4.69, 9.17) is 4.74 Å². The van der Waals surface area contributed by atoms with Crippen molar-refractivity contribution in [2.45, 2.75) is 33.2 Å². The summed E-state index contributed by atoms with van der Waals surface area (Å²) in [5, 5.41) is 4.76. The second-order valence-electron chi connectivity index (χ2n) is 9.65. The molecule has 2 atom stereocenters. The molecule has 1 aliphatic heterocycles. The fraction of sp³-hybridized carbons (Fsp3) is 0.538. The average molecular weight is 453 g/mol. The van der Waals surface area contributed by atoms with Crippen LogP contribution in [0.3, 0.4) is 0 Å². The van der Waals surface area contributed by atoms with Gasteiger partial charge in [0, 0.05) is 62.8 Å². The van der Waals surface area contributed by atoms with Crippen molar-refractivity contribution < 1.29 is 9.53 Å². The summed E-state index contributed by atoms with van der Waals surface area (Å²) in [4.78, 5) is 29.1. The Morgan fingerprint density at radius 2 is 1.88 bits per heavy atom. The second-order valence-corrected chi connectivity index (χ2v) is 9.65. The number of methoxy groups -OCH3 is 1. The molecule has 3 heterocycles. The molecule has 1 N–H and O–H groups in total. The average Bonchev–Trinajstić information content (AvgIpc) is 3.09. The molecule has 0 bridgehead atoms. The first-order valence-electron chi connectivity index (χ1n) is 12.0. The maximum absolute atomic E-state index is 13.3. The highest BCUT2D eigenvalue weighted by molar-refractivity contribution is 6.17. The van der Waals surface area contributed by atoms with E-state index in [1.807, 2.05) is 35.9 Å². The Morgan fingerprint density at radius 1 is 1.15 bits per heavy atom. The third-order valence-electron chi connectivity index (χ3n) is 6.79. The van der Waals surface area contributed by atoms with E-state index in [1.165, 1.54) is 6.42 Å². The third kappa shape index (κ3) is 4.84. The number of pyridine rings is 1. The van der Waals surface area contributed by atoms with E-state index in [-0.39, 0.29) is 11.5 Å². The Labute approximate surface area is 195 Å². The molecule has 0 spiro atoms. The van der Waals surface area contributed by atoms with E-state index in [2.05, 4.69) is 24.1 Å². The molecule has 0 saturated carbocycles. The molecule has 2 aromatic heterocycles. The minimum absolute atomic E-state index is 0.106. The largest absolute Gasteiger partial charge is 0.383 e. The number of nitrogens with zero attached hydrogens (tertiary/aromatic N) is 3. The van der Waals surface area contributed by atoms with E-state index >= 15 is 0 Å². The minimum atomic E-state index is -0.136. The van der Waals surface area contributed by atoms with Gasteiger partial charge < -0.3 is 24.1 Å². The van der Waals surface area contributed by atoms with E-state index < -0.39 is 0 Å². The van der Waals surface area contributed by atoms with Crippen LogP contribution in [0.1, 0.15) is 37.0 Å². The van der Waals surface area contributed by atoms with Gasteiger partial charge in [0.05, 0.1) is 12.2 Å². The van der Waals surface area contributed by atoms with Crippen molar-refractivity contribution in [2.24, 2.45) is 18.9 Å². The van der Waals surface area contributed by atoms with Crippen molar-refractivity contribution in [3.63, 3.8) is 0 Å². The van der Waals surface area contributed by atoms with E-state index in [1.54, 1.807) is 17.9 Å². The fourth-order valence-electron chi connectivity index (χ4n) is 5.43. The predicted molar refractivity (Wildman–Crippen MR) is 133 cm³/mol. The first-order chi connectivity index (χ1) is 15.9. The monoisotopic (exact) mass is 452 g/mol. The molecule has 1 saturated heterocycles. The van der Waals surface area contributed by atoms with Crippen LogP contribution in [0.5, 0.6) is 0 Å². The zero-order valence-corrected chi connectivity index (χ0v) is 20.3. The van der Waals surface area contributed by atoms with Crippen LogP contribution in [0, 0.1) is 11.8 Å². The zero-order chi connectivity index (χ0) is 23.5. The molecule has 1 aromatic carbocycles. The molecular weight excluding hydrogens is 416 g/mol. The smallest absolute Gasteiger partial charge is 0.275 e. The number of piperidine rings is 1. The molecule has 7 heteroatoms. The summed E-state index contributed by atoms with van der Waals surface area (Å²) >= 11 is 0. The van der Waals surface area contributed by atoms with Crippen molar-refractivity contribution in [3.05, 3.63) is 46.4 Å². The number of carbonyl (C=O) groups excluding carboxylic acids is 1. The van der Waals surface area contributed by atoms with Gasteiger partial charge in [0.15, 0.2) is 0 Å². The number of fused-ring (bicyclic) bond motifs is 3. The lowest BCUT2D eigenvalue weighted by Crippen LogP contribution is -2.40. The molecule has 0 radical (unpaired) electrons. The van der Waals surface area contributed by atoms with Crippen LogP contribution in [0.25, 0.3) is 21.8 Å². The Morgan fingerprint density at radius 3 is 2.61 bits per heavy atom. The maximum Gasteiger partial charge on any atom is 0.275 e. The van der Waals surface area contributed by atoms with Crippen LogP contribution in [-0.2, 0) is 18.3 Å². The number of benzene rings is 1. The van der Waals surface area contributed by atoms with Crippen LogP contribution in [0.15, 0.2) is 35.3 Å². The first kappa shape index (κ1) is 23.5. The number of hydrogen-bond donors (Lipinski definition) is 1. The lowest BCUT2D eigenvalue weighted by molar-refractivity contribution is 0.0948. The molecule has 1 amide bonds. The third-order valence-corrected chi connectivity index (χ3v) is 6.79. The lowest BCUT2D eigenvalue weighted by atomic mass is 9.92. The van der Waals surface area contributed by atoms with Crippen molar-refractivity contribution in [3.8, 4) is 0 Å². The van der Waals surface area contributed by atoms with E-state index in [0.717, 1.165) is 54.2 Å². The van der Waals surface area contributed by atoms with Gasteiger partial charge in [-0.15, -0.1) is 0 Å². The number of carbonyl (C=O) groups is 1. The normalized spacial score (nSPS) is 19.4. The van der Waals surface area contributed by atoms with Crippen LogP contribution >= 0.6 is 0 Å². The number of rotatable bonds is 8. The molecule has 4 rings (SSSR count). The number of hydrogen-bond acceptors (Lipinski definition) is 4. The molecular formula is C26H36N4O3. The van der Waals surface area contributed by atoms with Gasteiger partial charge in [0.1, 0.15) is 5.52 Å². The highest BCUT2D eigenvalue weighted by Gasteiger charge is 2.22. The van der Waals surface area contributed by atoms with Crippen LogP contribution in [-0.4, -0.2) is 59.8 Å². The molecule has 1 fully saturated rings. The summed E-state index contributed by atoms with van der Waals surface area (Å²) in [6.45, 7) is 9.32. The van der Waals surface area contributed by atoms with E-state index in [0.29, 0.717) is 30.8 Å². The van der Waals surface area contributed by atoms with Gasteiger partial charge in [-0.3, -0.25) is 9.59 Å². The molecule has 3 aromatic rings. The van der Waals surface area contributed by atoms with Gasteiger partial charge in [-0.1, -0.05) is 32.0 Å². The standard InChI is InChI=1S/C26H36N4O3/c1-18-14-19(2)16-29(15-18)11-7-10-27-25(31)21-17-30(12-13-33-4)26(32)24-23(21)20-8-5-6-9-22(20)28(24)3/h5-6,8-9,17-19H,7,10-16H2,1-4H3,(H,27,31)/t18-,19-/m1/s1. The highest BCUT2D eigenvalue weighted by atomic mass is 16.5. The van der Waals surface area contributed by atoms with Crippen molar-refractivity contribution in [1.29, 1.82) is 0 Å². The Hall–Kier alpha value is -2.64. The SMILES string of the molecule is COCCn1cc(C(=O)NCCCN2C[C@H](C)C[C@@H](C)C2)c2c3ccccc3n(C)c2c1=O. The zero-order valence-electron chi connectivity index (χ0n) is 20.3.